The topological polar surface area (TPSA) is 122 Å². The van der Waals surface area contributed by atoms with Crippen molar-refractivity contribution >= 4 is 0 Å². The SMILES string of the molecule is OCc1cc(OCC(O)CN[C@@H](O)CCc2ccc(O)cc2)ccc1O. The number of rotatable bonds is 10. The van der Waals surface area contributed by atoms with Gasteiger partial charge in [0.25, 0.3) is 0 Å². The summed E-state index contributed by atoms with van der Waals surface area (Å²) in [6.07, 6.45) is -0.493. The fraction of sp³-hybridized carbons (Fsp3) is 0.368. The zero-order chi connectivity index (χ0) is 18.9. The summed E-state index contributed by atoms with van der Waals surface area (Å²) in [5.41, 5.74) is 1.35. The molecular formula is C19H25NO6. The Labute approximate surface area is 152 Å². The van der Waals surface area contributed by atoms with Crippen molar-refractivity contribution < 1.29 is 30.3 Å². The molecule has 2 aromatic carbocycles. The molecule has 142 valence electrons. The standard InChI is InChI=1S/C19H25NO6/c21-11-14-9-17(6-7-18(14)24)26-12-16(23)10-20-19(25)8-3-13-1-4-15(22)5-2-13/h1-2,4-7,9,16,19-25H,3,8,10-12H2/t16?,19-/m0/s1. The molecule has 0 heterocycles. The van der Waals surface area contributed by atoms with E-state index in [1.165, 1.54) is 12.1 Å². The summed E-state index contributed by atoms with van der Waals surface area (Å²) < 4.78 is 5.42. The van der Waals surface area contributed by atoms with Crippen LogP contribution in [0.1, 0.15) is 17.5 Å². The molecule has 2 atom stereocenters. The second-order valence-electron chi connectivity index (χ2n) is 6.04. The summed E-state index contributed by atoms with van der Waals surface area (Å²) in [5, 5.41) is 50.5. The van der Waals surface area contributed by atoms with E-state index in [1.807, 2.05) is 0 Å². The molecule has 0 bridgehead atoms. The smallest absolute Gasteiger partial charge is 0.121 e. The predicted octanol–water partition coefficient (Wildman–Crippen LogP) is 0.871. The third-order valence-electron chi connectivity index (χ3n) is 3.90. The summed E-state index contributed by atoms with van der Waals surface area (Å²) in [6, 6.07) is 11.2. The molecule has 0 spiro atoms. The maximum Gasteiger partial charge on any atom is 0.121 e. The van der Waals surface area contributed by atoms with Crippen LogP contribution < -0.4 is 10.1 Å². The van der Waals surface area contributed by atoms with Crippen molar-refractivity contribution in [3.8, 4) is 17.2 Å². The molecule has 1 unspecified atom stereocenters. The molecule has 0 aliphatic heterocycles. The van der Waals surface area contributed by atoms with Crippen molar-refractivity contribution in [3.05, 3.63) is 53.6 Å². The third kappa shape index (κ3) is 6.53. The molecule has 0 amide bonds. The number of hydrogen-bond donors (Lipinski definition) is 6. The van der Waals surface area contributed by atoms with E-state index in [0.29, 0.717) is 24.2 Å². The molecule has 2 aromatic rings. The molecule has 0 fully saturated rings. The predicted molar refractivity (Wildman–Crippen MR) is 96.0 cm³/mol. The van der Waals surface area contributed by atoms with Crippen molar-refractivity contribution in [1.82, 2.24) is 5.32 Å². The van der Waals surface area contributed by atoms with Crippen molar-refractivity contribution in [2.24, 2.45) is 0 Å². The van der Waals surface area contributed by atoms with Crippen molar-refractivity contribution in [1.29, 1.82) is 0 Å². The van der Waals surface area contributed by atoms with Crippen LogP contribution in [-0.2, 0) is 13.0 Å². The van der Waals surface area contributed by atoms with E-state index in [-0.39, 0.29) is 31.3 Å². The van der Waals surface area contributed by atoms with Gasteiger partial charge in [0.15, 0.2) is 0 Å². The average molecular weight is 363 g/mol. The summed E-state index contributed by atoms with van der Waals surface area (Å²) in [6.45, 7) is -0.143. The van der Waals surface area contributed by atoms with Crippen LogP contribution in [0.4, 0.5) is 0 Å². The zero-order valence-corrected chi connectivity index (χ0v) is 14.4. The van der Waals surface area contributed by atoms with Gasteiger partial charge in [-0.3, -0.25) is 5.32 Å². The number of phenols is 2. The van der Waals surface area contributed by atoms with Gasteiger partial charge < -0.3 is 30.3 Å². The van der Waals surface area contributed by atoms with Crippen LogP contribution in [-0.4, -0.2) is 51.0 Å². The molecule has 0 aromatic heterocycles. The van der Waals surface area contributed by atoms with Gasteiger partial charge in [0, 0.05) is 12.1 Å². The number of aliphatic hydroxyl groups is 3. The minimum Gasteiger partial charge on any atom is -0.508 e. The van der Waals surface area contributed by atoms with Gasteiger partial charge in [0.1, 0.15) is 36.2 Å². The van der Waals surface area contributed by atoms with Crippen LogP contribution in [0, 0.1) is 0 Å². The molecule has 0 saturated carbocycles. The number of aromatic hydroxyl groups is 2. The Hall–Kier alpha value is -2.32. The Morgan fingerprint density at radius 2 is 1.73 bits per heavy atom. The van der Waals surface area contributed by atoms with Crippen LogP contribution in [0.25, 0.3) is 0 Å². The van der Waals surface area contributed by atoms with E-state index in [2.05, 4.69) is 5.32 Å². The highest BCUT2D eigenvalue weighted by Gasteiger charge is 2.10. The van der Waals surface area contributed by atoms with Crippen LogP contribution in [0.2, 0.25) is 0 Å². The van der Waals surface area contributed by atoms with E-state index >= 15 is 0 Å². The van der Waals surface area contributed by atoms with E-state index in [4.69, 9.17) is 9.84 Å². The van der Waals surface area contributed by atoms with Crippen molar-refractivity contribution in [2.45, 2.75) is 31.8 Å². The van der Waals surface area contributed by atoms with Crippen LogP contribution >= 0.6 is 0 Å². The molecule has 0 aliphatic rings. The quantitative estimate of drug-likeness (QED) is 0.346. The largest absolute Gasteiger partial charge is 0.508 e. The Balaban J connectivity index is 1.67. The van der Waals surface area contributed by atoms with E-state index < -0.39 is 12.3 Å². The lowest BCUT2D eigenvalue weighted by Crippen LogP contribution is -2.38. The van der Waals surface area contributed by atoms with Gasteiger partial charge in [-0.25, -0.2) is 0 Å². The molecule has 7 nitrogen and oxygen atoms in total. The first-order valence-corrected chi connectivity index (χ1v) is 8.41. The Bertz CT molecular complexity index is 676. The molecule has 0 aliphatic carbocycles. The highest BCUT2D eigenvalue weighted by molar-refractivity contribution is 5.38. The molecule has 2 rings (SSSR count). The summed E-state index contributed by atoms with van der Waals surface area (Å²) in [7, 11) is 0. The molecular weight excluding hydrogens is 338 g/mol. The first-order valence-electron chi connectivity index (χ1n) is 8.41. The van der Waals surface area contributed by atoms with Gasteiger partial charge in [-0.05, 0) is 48.7 Å². The lowest BCUT2D eigenvalue weighted by Gasteiger charge is -2.17. The highest BCUT2D eigenvalue weighted by Crippen LogP contribution is 2.23. The summed E-state index contributed by atoms with van der Waals surface area (Å²) in [4.78, 5) is 0. The van der Waals surface area contributed by atoms with Gasteiger partial charge in [-0.15, -0.1) is 0 Å². The monoisotopic (exact) mass is 363 g/mol. The second-order valence-corrected chi connectivity index (χ2v) is 6.04. The maximum atomic E-state index is 9.93. The Morgan fingerprint density at radius 1 is 1.00 bits per heavy atom. The number of nitrogens with one attached hydrogen (secondary N) is 1. The van der Waals surface area contributed by atoms with Crippen molar-refractivity contribution in [3.63, 3.8) is 0 Å². The van der Waals surface area contributed by atoms with Gasteiger partial charge in [-0.1, -0.05) is 12.1 Å². The molecule has 6 N–H and O–H groups in total. The minimum atomic E-state index is -0.829. The van der Waals surface area contributed by atoms with E-state index in [1.54, 1.807) is 30.3 Å². The van der Waals surface area contributed by atoms with E-state index in [9.17, 15) is 20.4 Å². The zero-order valence-electron chi connectivity index (χ0n) is 14.4. The summed E-state index contributed by atoms with van der Waals surface area (Å²) >= 11 is 0. The van der Waals surface area contributed by atoms with Gasteiger partial charge in [0.2, 0.25) is 0 Å². The number of ether oxygens (including phenoxy) is 1. The molecule has 0 radical (unpaired) electrons. The van der Waals surface area contributed by atoms with Gasteiger partial charge in [-0.2, -0.15) is 0 Å². The first-order chi connectivity index (χ1) is 12.5. The lowest BCUT2D eigenvalue weighted by atomic mass is 10.1. The van der Waals surface area contributed by atoms with Crippen LogP contribution in [0.5, 0.6) is 17.2 Å². The first kappa shape index (κ1) is 20.0. The highest BCUT2D eigenvalue weighted by atomic mass is 16.5. The number of hydrogen-bond acceptors (Lipinski definition) is 7. The van der Waals surface area contributed by atoms with Gasteiger partial charge in [0.05, 0.1) is 6.61 Å². The second kappa shape index (κ2) is 9.98. The average Bonchev–Trinajstić information content (AvgIpc) is 2.65. The fourth-order valence-corrected chi connectivity index (χ4v) is 2.37. The maximum absolute atomic E-state index is 9.93. The van der Waals surface area contributed by atoms with Crippen molar-refractivity contribution in [2.75, 3.05) is 13.2 Å². The summed E-state index contributed by atoms with van der Waals surface area (Å²) in [5.74, 6) is 0.618. The van der Waals surface area contributed by atoms with Gasteiger partial charge >= 0.3 is 0 Å². The normalized spacial score (nSPS) is 13.3. The number of aliphatic hydroxyl groups excluding tert-OH is 3. The molecule has 7 heteroatoms. The molecule has 26 heavy (non-hydrogen) atoms. The fourth-order valence-electron chi connectivity index (χ4n) is 2.37. The third-order valence-corrected chi connectivity index (χ3v) is 3.90. The number of aryl methyl sites for hydroxylation is 1. The number of phenolic OH excluding ortho intramolecular Hbond substituents is 1. The Morgan fingerprint density at radius 3 is 2.42 bits per heavy atom. The van der Waals surface area contributed by atoms with E-state index in [0.717, 1.165) is 5.56 Å². The van der Waals surface area contributed by atoms with Crippen LogP contribution in [0.3, 0.4) is 0 Å². The number of benzene rings is 2. The lowest BCUT2D eigenvalue weighted by molar-refractivity contribution is 0.0711. The minimum absolute atomic E-state index is 0.00727. The Kier molecular flexibility index (Phi) is 7.68. The molecule has 0 saturated heterocycles. The van der Waals surface area contributed by atoms with Crippen LogP contribution in [0.15, 0.2) is 42.5 Å².